The lowest BCUT2D eigenvalue weighted by molar-refractivity contribution is -0.117. The summed E-state index contributed by atoms with van der Waals surface area (Å²) < 4.78 is 0. The van der Waals surface area contributed by atoms with Crippen LogP contribution < -0.4 is 5.32 Å². The molecule has 0 aliphatic carbocycles. The smallest absolute Gasteiger partial charge is 0.238 e. The topological polar surface area (TPSA) is 52.6 Å². The molecule has 98 valence electrons. The van der Waals surface area contributed by atoms with Crippen molar-refractivity contribution in [1.29, 1.82) is 0 Å². The molecule has 1 aromatic rings. The lowest BCUT2D eigenvalue weighted by atomic mass is 10.2. The number of hydrogen-bond donors (Lipinski definition) is 2. The molecule has 0 saturated carbocycles. The van der Waals surface area contributed by atoms with E-state index in [-0.39, 0.29) is 18.6 Å². The van der Waals surface area contributed by atoms with Crippen LogP contribution in [0.5, 0.6) is 0 Å². The molecule has 2 rings (SSSR count). The van der Waals surface area contributed by atoms with Gasteiger partial charge in [0.15, 0.2) is 0 Å². The van der Waals surface area contributed by atoms with Gasteiger partial charge >= 0.3 is 0 Å². The van der Waals surface area contributed by atoms with Crippen LogP contribution in [0.2, 0.25) is 0 Å². The van der Waals surface area contributed by atoms with Crippen molar-refractivity contribution in [3.05, 3.63) is 29.8 Å². The molecule has 1 atom stereocenters. The van der Waals surface area contributed by atoms with Gasteiger partial charge in [-0.15, -0.1) is 0 Å². The first-order valence-corrected chi connectivity index (χ1v) is 6.40. The van der Waals surface area contributed by atoms with Gasteiger partial charge < -0.3 is 10.4 Å². The fourth-order valence-corrected chi connectivity index (χ4v) is 2.33. The van der Waals surface area contributed by atoms with Crippen LogP contribution in [0.15, 0.2) is 24.3 Å². The van der Waals surface area contributed by atoms with Gasteiger partial charge in [0.25, 0.3) is 0 Å². The van der Waals surface area contributed by atoms with E-state index in [4.69, 9.17) is 0 Å². The number of aliphatic hydroxyl groups excluding tert-OH is 1. The maximum absolute atomic E-state index is 11.9. The van der Waals surface area contributed by atoms with Crippen molar-refractivity contribution in [2.24, 2.45) is 0 Å². The highest BCUT2D eigenvalue weighted by Gasteiger charge is 2.25. The van der Waals surface area contributed by atoms with Crippen LogP contribution >= 0.6 is 0 Å². The number of nitrogens with one attached hydrogen (secondary N) is 1. The van der Waals surface area contributed by atoms with Crippen molar-refractivity contribution in [3.63, 3.8) is 0 Å². The monoisotopic (exact) mass is 248 g/mol. The van der Waals surface area contributed by atoms with Gasteiger partial charge in [0, 0.05) is 11.7 Å². The minimum absolute atomic E-state index is 0.0146. The number of carbonyl (C=O) groups excluding carboxylic acids is 1. The normalized spacial score (nSPS) is 20.0. The number of amides is 1. The number of likely N-dealkylation sites (tertiary alicyclic amines) is 1. The fourth-order valence-electron chi connectivity index (χ4n) is 2.33. The maximum atomic E-state index is 11.9. The van der Waals surface area contributed by atoms with Crippen LogP contribution in [-0.2, 0) is 4.79 Å². The van der Waals surface area contributed by atoms with Crippen molar-refractivity contribution in [1.82, 2.24) is 4.90 Å². The molecule has 1 aliphatic rings. The molecule has 2 N–H and O–H groups in total. The molecule has 1 heterocycles. The Morgan fingerprint density at radius 1 is 1.44 bits per heavy atom. The number of anilines is 1. The molecule has 1 saturated heterocycles. The van der Waals surface area contributed by atoms with Gasteiger partial charge in [-0.2, -0.15) is 0 Å². The predicted molar refractivity (Wildman–Crippen MR) is 71.5 cm³/mol. The van der Waals surface area contributed by atoms with Crippen LogP contribution in [0.3, 0.4) is 0 Å². The lowest BCUT2D eigenvalue weighted by Crippen LogP contribution is -2.38. The molecule has 0 radical (unpaired) electrons. The van der Waals surface area contributed by atoms with E-state index in [0.29, 0.717) is 6.54 Å². The molecule has 1 aliphatic heterocycles. The standard InChI is InChI=1S/C14H20N2O2/c1-11-4-6-12(7-5-11)15-14(18)9-16-8-2-3-13(16)10-17/h4-7,13,17H,2-3,8-10H2,1H3,(H,15,18)/t13-/m1/s1. The average Bonchev–Trinajstić information content (AvgIpc) is 2.79. The van der Waals surface area contributed by atoms with E-state index < -0.39 is 0 Å². The SMILES string of the molecule is Cc1ccc(NC(=O)CN2CCC[C@@H]2CO)cc1. The van der Waals surface area contributed by atoms with Crippen molar-refractivity contribution >= 4 is 11.6 Å². The Hall–Kier alpha value is -1.39. The van der Waals surface area contributed by atoms with Gasteiger partial charge in [0.1, 0.15) is 0 Å². The minimum Gasteiger partial charge on any atom is -0.395 e. The third kappa shape index (κ3) is 3.31. The number of hydrogen-bond acceptors (Lipinski definition) is 3. The van der Waals surface area contributed by atoms with E-state index in [1.165, 1.54) is 5.56 Å². The largest absolute Gasteiger partial charge is 0.395 e. The maximum Gasteiger partial charge on any atom is 0.238 e. The Morgan fingerprint density at radius 2 is 2.17 bits per heavy atom. The molecule has 0 unspecified atom stereocenters. The van der Waals surface area contributed by atoms with Gasteiger partial charge in [-0.1, -0.05) is 17.7 Å². The molecular weight excluding hydrogens is 228 g/mol. The Balaban J connectivity index is 1.86. The van der Waals surface area contributed by atoms with Crippen molar-refractivity contribution in [2.75, 3.05) is 25.0 Å². The molecule has 0 bridgehead atoms. The van der Waals surface area contributed by atoms with Gasteiger partial charge in [-0.3, -0.25) is 9.69 Å². The minimum atomic E-state index is -0.0146. The summed E-state index contributed by atoms with van der Waals surface area (Å²) in [6.07, 6.45) is 2.04. The summed E-state index contributed by atoms with van der Waals surface area (Å²) in [6.45, 7) is 3.41. The molecule has 0 spiro atoms. The first-order chi connectivity index (χ1) is 8.69. The molecule has 4 heteroatoms. The quantitative estimate of drug-likeness (QED) is 0.846. The Morgan fingerprint density at radius 3 is 2.83 bits per heavy atom. The highest BCUT2D eigenvalue weighted by molar-refractivity contribution is 5.92. The van der Waals surface area contributed by atoms with Gasteiger partial charge in [0.2, 0.25) is 5.91 Å². The molecule has 1 fully saturated rings. The number of carbonyl (C=O) groups is 1. The van der Waals surface area contributed by atoms with Crippen molar-refractivity contribution in [3.8, 4) is 0 Å². The number of aliphatic hydroxyl groups is 1. The lowest BCUT2D eigenvalue weighted by Gasteiger charge is -2.21. The van der Waals surface area contributed by atoms with E-state index in [9.17, 15) is 9.90 Å². The summed E-state index contributed by atoms with van der Waals surface area (Å²) in [7, 11) is 0. The number of aryl methyl sites for hydroxylation is 1. The second-order valence-corrected chi connectivity index (χ2v) is 4.86. The van der Waals surface area contributed by atoms with Crippen LogP contribution in [0, 0.1) is 6.92 Å². The van der Waals surface area contributed by atoms with Crippen LogP contribution in [-0.4, -0.2) is 41.7 Å². The molecule has 1 aromatic carbocycles. The van der Waals surface area contributed by atoms with E-state index >= 15 is 0 Å². The second-order valence-electron chi connectivity index (χ2n) is 4.86. The Kier molecular flexibility index (Phi) is 4.33. The number of benzene rings is 1. The summed E-state index contributed by atoms with van der Waals surface area (Å²) in [5.41, 5.74) is 2.00. The molecular formula is C14H20N2O2. The second kappa shape index (κ2) is 5.98. The molecule has 18 heavy (non-hydrogen) atoms. The third-order valence-electron chi connectivity index (χ3n) is 3.39. The van der Waals surface area contributed by atoms with Gasteiger partial charge in [-0.05, 0) is 38.4 Å². The summed E-state index contributed by atoms with van der Waals surface area (Å²) >= 11 is 0. The Bertz CT molecular complexity index is 403. The third-order valence-corrected chi connectivity index (χ3v) is 3.39. The predicted octanol–water partition coefficient (Wildman–Crippen LogP) is 1.39. The zero-order valence-electron chi connectivity index (χ0n) is 10.7. The summed E-state index contributed by atoms with van der Waals surface area (Å²) in [5.74, 6) is -0.0146. The van der Waals surface area contributed by atoms with Crippen LogP contribution in [0.25, 0.3) is 0 Å². The zero-order chi connectivity index (χ0) is 13.0. The summed E-state index contributed by atoms with van der Waals surface area (Å²) in [6, 6.07) is 7.90. The average molecular weight is 248 g/mol. The highest BCUT2D eigenvalue weighted by Crippen LogP contribution is 2.16. The molecule has 0 aromatic heterocycles. The number of nitrogens with zero attached hydrogens (tertiary/aromatic N) is 1. The summed E-state index contributed by atoms with van der Waals surface area (Å²) in [5, 5.41) is 12.1. The highest BCUT2D eigenvalue weighted by atomic mass is 16.3. The zero-order valence-corrected chi connectivity index (χ0v) is 10.7. The fraction of sp³-hybridized carbons (Fsp3) is 0.500. The van der Waals surface area contributed by atoms with Crippen molar-refractivity contribution < 1.29 is 9.90 Å². The van der Waals surface area contributed by atoms with E-state index in [1.807, 2.05) is 36.1 Å². The first kappa shape index (κ1) is 13.1. The van der Waals surface area contributed by atoms with E-state index in [2.05, 4.69) is 5.32 Å². The van der Waals surface area contributed by atoms with Gasteiger partial charge in [-0.25, -0.2) is 0 Å². The van der Waals surface area contributed by atoms with Crippen LogP contribution in [0.1, 0.15) is 18.4 Å². The number of rotatable bonds is 4. The van der Waals surface area contributed by atoms with E-state index in [1.54, 1.807) is 0 Å². The van der Waals surface area contributed by atoms with Crippen LogP contribution in [0.4, 0.5) is 5.69 Å². The van der Waals surface area contributed by atoms with Crippen molar-refractivity contribution in [2.45, 2.75) is 25.8 Å². The Labute approximate surface area is 108 Å². The summed E-state index contributed by atoms with van der Waals surface area (Å²) in [4.78, 5) is 13.9. The molecule has 1 amide bonds. The molecule has 4 nitrogen and oxygen atoms in total. The van der Waals surface area contributed by atoms with Gasteiger partial charge in [0.05, 0.1) is 13.2 Å². The first-order valence-electron chi connectivity index (χ1n) is 6.40. The van der Waals surface area contributed by atoms with E-state index in [0.717, 1.165) is 25.1 Å².